The van der Waals surface area contributed by atoms with E-state index in [1.54, 1.807) is 20.8 Å². The highest BCUT2D eigenvalue weighted by Crippen LogP contribution is 2.09. The van der Waals surface area contributed by atoms with E-state index in [0.717, 1.165) is 0 Å². The maximum Gasteiger partial charge on any atom is 0.407 e. The number of carbonyl (C=O) groups excluding carboxylic acids is 1. The van der Waals surface area contributed by atoms with Crippen LogP contribution in [0, 0.1) is 5.92 Å². The highest BCUT2D eigenvalue weighted by molar-refractivity contribution is 5.68. The zero-order valence-electron chi connectivity index (χ0n) is 10.5. The van der Waals surface area contributed by atoms with E-state index in [2.05, 4.69) is 5.32 Å². The Morgan fingerprint density at radius 2 is 1.88 bits per heavy atom. The molecule has 1 unspecified atom stereocenters. The van der Waals surface area contributed by atoms with Crippen molar-refractivity contribution in [3.8, 4) is 0 Å². The molecular weight excluding hydrogens is 210 g/mol. The van der Waals surface area contributed by atoms with Crippen molar-refractivity contribution in [1.29, 1.82) is 0 Å². The summed E-state index contributed by atoms with van der Waals surface area (Å²) in [6, 6.07) is -0.378. The normalized spacial score (nSPS) is 15.4. The second kappa shape index (κ2) is 6.70. The topological polar surface area (TPSA) is 78.8 Å². The first-order valence-corrected chi connectivity index (χ1v) is 5.49. The number of aliphatic hydroxyl groups is 2. The summed E-state index contributed by atoms with van der Waals surface area (Å²) in [5.41, 5.74) is -0.549. The lowest BCUT2D eigenvalue weighted by molar-refractivity contribution is 0.0467. The maximum absolute atomic E-state index is 11.4. The predicted molar refractivity (Wildman–Crippen MR) is 61.1 cm³/mol. The molecular formula is C11H23NO4. The number of aliphatic hydroxyl groups excluding tert-OH is 2. The van der Waals surface area contributed by atoms with Crippen LogP contribution >= 0.6 is 0 Å². The van der Waals surface area contributed by atoms with Crippen molar-refractivity contribution in [2.24, 2.45) is 5.92 Å². The van der Waals surface area contributed by atoms with Gasteiger partial charge in [0.2, 0.25) is 0 Å². The number of nitrogens with one attached hydrogen (secondary N) is 1. The lowest BCUT2D eigenvalue weighted by Gasteiger charge is -2.23. The molecule has 0 spiro atoms. The molecule has 3 N–H and O–H groups in total. The van der Waals surface area contributed by atoms with E-state index in [1.807, 2.05) is 6.92 Å². The van der Waals surface area contributed by atoms with Gasteiger partial charge < -0.3 is 20.3 Å². The third-order valence-electron chi connectivity index (χ3n) is 1.94. The van der Waals surface area contributed by atoms with Gasteiger partial charge in [0, 0.05) is 6.61 Å². The summed E-state index contributed by atoms with van der Waals surface area (Å²) in [6.07, 6.45) is -0.0246. The van der Waals surface area contributed by atoms with Crippen LogP contribution in [-0.2, 0) is 4.74 Å². The average molecular weight is 233 g/mol. The fourth-order valence-corrected chi connectivity index (χ4v) is 1.21. The van der Waals surface area contributed by atoms with Gasteiger partial charge in [0.25, 0.3) is 0 Å². The van der Waals surface area contributed by atoms with Crippen LogP contribution in [0.25, 0.3) is 0 Å². The summed E-state index contributed by atoms with van der Waals surface area (Å²) >= 11 is 0. The molecule has 0 heterocycles. The molecule has 0 aromatic carbocycles. The summed E-state index contributed by atoms with van der Waals surface area (Å²) in [5.74, 6) is 0.0343. The Balaban J connectivity index is 4.07. The van der Waals surface area contributed by atoms with Gasteiger partial charge in [-0.05, 0) is 33.1 Å². The van der Waals surface area contributed by atoms with Gasteiger partial charge in [0.15, 0.2) is 0 Å². The van der Waals surface area contributed by atoms with E-state index in [0.29, 0.717) is 6.42 Å². The minimum Gasteiger partial charge on any atom is -0.444 e. The number of rotatable bonds is 5. The van der Waals surface area contributed by atoms with Crippen LogP contribution in [0.3, 0.4) is 0 Å². The second-order valence-corrected chi connectivity index (χ2v) is 5.05. The zero-order chi connectivity index (χ0) is 12.8. The fraction of sp³-hybridized carbons (Fsp3) is 0.909. The summed E-state index contributed by atoms with van der Waals surface area (Å²) < 4.78 is 5.06. The van der Waals surface area contributed by atoms with E-state index in [1.165, 1.54) is 0 Å². The van der Waals surface area contributed by atoms with Crippen molar-refractivity contribution in [2.75, 3.05) is 13.2 Å². The van der Waals surface area contributed by atoms with E-state index < -0.39 is 11.7 Å². The van der Waals surface area contributed by atoms with Crippen molar-refractivity contribution in [1.82, 2.24) is 5.32 Å². The molecule has 0 aliphatic rings. The Kier molecular flexibility index (Phi) is 6.36. The molecule has 96 valence electrons. The molecule has 5 heteroatoms. The van der Waals surface area contributed by atoms with Gasteiger partial charge in [0.1, 0.15) is 5.60 Å². The molecule has 1 amide bonds. The number of amides is 1. The van der Waals surface area contributed by atoms with Gasteiger partial charge in [-0.2, -0.15) is 0 Å². The molecule has 5 nitrogen and oxygen atoms in total. The van der Waals surface area contributed by atoms with E-state index in [-0.39, 0.29) is 25.2 Å². The van der Waals surface area contributed by atoms with Crippen molar-refractivity contribution >= 4 is 6.09 Å². The summed E-state index contributed by atoms with van der Waals surface area (Å²) in [4.78, 5) is 11.4. The average Bonchev–Trinajstić information content (AvgIpc) is 2.13. The molecule has 16 heavy (non-hydrogen) atoms. The number of hydrogen-bond acceptors (Lipinski definition) is 4. The van der Waals surface area contributed by atoms with Gasteiger partial charge in [-0.1, -0.05) is 6.92 Å². The number of carbonyl (C=O) groups is 1. The Hall–Kier alpha value is -0.810. The van der Waals surface area contributed by atoms with Gasteiger partial charge in [-0.25, -0.2) is 4.79 Å². The Labute approximate surface area is 96.8 Å². The minimum atomic E-state index is -0.549. The van der Waals surface area contributed by atoms with Crippen LogP contribution in [0.4, 0.5) is 4.79 Å². The first-order chi connectivity index (χ1) is 7.28. The lowest BCUT2D eigenvalue weighted by atomic mass is 10.0. The summed E-state index contributed by atoms with van der Waals surface area (Å²) in [6.45, 7) is 7.04. The smallest absolute Gasteiger partial charge is 0.407 e. The van der Waals surface area contributed by atoms with Crippen LogP contribution in [0.5, 0.6) is 0 Å². The fourth-order valence-electron chi connectivity index (χ4n) is 1.21. The molecule has 0 saturated carbocycles. The molecule has 0 radical (unpaired) electrons. The van der Waals surface area contributed by atoms with Crippen LogP contribution in [0.15, 0.2) is 0 Å². The van der Waals surface area contributed by atoms with Crippen molar-refractivity contribution < 1.29 is 19.7 Å². The molecule has 0 bridgehead atoms. The largest absolute Gasteiger partial charge is 0.444 e. The SMILES string of the molecule is CC(CO)C[C@H](CO)NC(=O)OC(C)(C)C. The zero-order valence-corrected chi connectivity index (χ0v) is 10.5. The molecule has 0 fully saturated rings. The first-order valence-electron chi connectivity index (χ1n) is 5.49. The molecule has 0 saturated heterocycles. The van der Waals surface area contributed by atoms with Gasteiger partial charge in [-0.3, -0.25) is 0 Å². The Morgan fingerprint density at radius 3 is 2.25 bits per heavy atom. The second-order valence-electron chi connectivity index (χ2n) is 5.05. The number of ether oxygens (including phenoxy) is 1. The number of alkyl carbamates (subject to hydrolysis) is 1. The lowest BCUT2D eigenvalue weighted by Crippen LogP contribution is -2.42. The molecule has 2 atom stereocenters. The Bertz CT molecular complexity index is 213. The van der Waals surface area contributed by atoms with E-state index >= 15 is 0 Å². The van der Waals surface area contributed by atoms with Crippen molar-refractivity contribution in [3.05, 3.63) is 0 Å². The predicted octanol–water partition coefficient (Wildman–Crippen LogP) is 0.890. The van der Waals surface area contributed by atoms with Gasteiger partial charge in [0.05, 0.1) is 12.6 Å². The third-order valence-corrected chi connectivity index (χ3v) is 1.94. The highest BCUT2D eigenvalue weighted by Gasteiger charge is 2.20. The van der Waals surface area contributed by atoms with Crippen LogP contribution in [-0.4, -0.2) is 41.2 Å². The van der Waals surface area contributed by atoms with Gasteiger partial charge in [-0.15, -0.1) is 0 Å². The minimum absolute atomic E-state index is 0.0342. The van der Waals surface area contributed by atoms with Crippen LogP contribution in [0.2, 0.25) is 0 Å². The molecule has 0 aromatic rings. The number of hydrogen-bond donors (Lipinski definition) is 3. The molecule has 0 rings (SSSR count). The molecule has 0 aliphatic heterocycles. The monoisotopic (exact) mass is 233 g/mol. The third kappa shape index (κ3) is 7.48. The Morgan fingerprint density at radius 1 is 1.31 bits per heavy atom. The summed E-state index contributed by atoms with van der Waals surface area (Å²) in [5, 5.41) is 20.5. The van der Waals surface area contributed by atoms with E-state index in [9.17, 15) is 4.79 Å². The summed E-state index contributed by atoms with van der Waals surface area (Å²) in [7, 11) is 0. The quantitative estimate of drug-likeness (QED) is 0.659. The van der Waals surface area contributed by atoms with Crippen LogP contribution < -0.4 is 5.32 Å². The standard InChI is InChI=1S/C11H23NO4/c1-8(6-13)5-9(7-14)12-10(15)16-11(2,3)4/h8-9,13-14H,5-7H2,1-4H3,(H,12,15)/t8?,9-/m1/s1. The van der Waals surface area contributed by atoms with E-state index in [4.69, 9.17) is 14.9 Å². The molecule has 0 aliphatic carbocycles. The maximum atomic E-state index is 11.4. The van der Waals surface area contributed by atoms with Crippen LogP contribution in [0.1, 0.15) is 34.1 Å². The van der Waals surface area contributed by atoms with Crippen molar-refractivity contribution in [2.45, 2.75) is 45.8 Å². The highest BCUT2D eigenvalue weighted by atomic mass is 16.6. The first kappa shape index (κ1) is 15.2. The molecule has 0 aromatic heterocycles. The van der Waals surface area contributed by atoms with Crippen molar-refractivity contribution in [3.63, 3.8) is 0 Å². The van der Waals surface area contributed by atoms with Gasteiger partial charge >= 0.3 is 6.09 Å².